The van der Waals surface area contributed by atoms with Crippen LogP contribution in [0.3, 0.4) is 0 Å². The Balaban J connectivity index is 1.42. The molecule has 0 spiro atoms. The standard InChI is InChI=1S/C17H22N4O2/c18-16(22)15-2-1-14(23-15)11-5-9-21(10-6-11)17-12-3-7-19-13(12)4-8-20-17/h3-4,7-8,11,14-15,19H,1-2,5-6,9-10H2,(H2,18,22)/t14-,15+/m0/s1. The van der Waals surface area contributed by atoms with Crippen molar-refractivity contribution in [3.8, 4) is 0 Å². The number of ether oxygens (including phenoxy) is 1. The van der Waals surface area contributed by atoms with Gasteiger partial charge in [-0.1, -0.05) is 0 Å². The second-order valence-electron chi connectivity index (χ2n) is 6.54. The van der Waals surface area contributed by atoms with Crippen LogP contribution in [0, 0.1) is 5.92 Å². The predicted octanol–water partition coefficient (Wildman–Crippen LogP) is 1.81. The van der Waals surface area contributed by atoms with Gasteiger partial charge in [-0.2, -0.15) is 0 Å². The number of nitrogens with one attached hydrogen (secondary N) is 1. The highest BCUT2D eigenvalue weighted by molar-refractivity contribution is 5.90. The molecule has 23 heavy (non-hydrogen) atoms. The van der Waals surface area contributed by atoms with Gasteiger partial charge in [0.05, 0.1) is 11.6 Å². The molecule has 2 aromatic heterocycles. The zero-order valence-electron chi connectivity index (χ0n) is 13.1. The van der Waals surface area contributed by atoms with Crippen LogP contribution >= 0.6 is 0 Å². The second kappa shape index (κ2) is 5.85. The monoisotopic (exact) mass is 314 g/mol. The Morgan fingerprint density at radius 2 is 2.09 bits per heavy atom. The molecule has 6 nitrogen and oxygen atoms in total. The minimum absolute atomic E-state index is 0.186. The number of rotatable bonds is 3. The van der Waals surface area contributed by atoms with Gasteiger partial charge in [0.25, 0.3) is 0 Å². The SMILES string of the molecule is NC(=O)[C@H]1CC[C@@H](C2CCN(c3nccc4[nH]ccc34)CC2)O1. The summed E-state index contributed by atoms with van der Waals surface area (Å²) in [7, 11) is 0. The molecular formula is C17H22N4O2. The Labute approximate surface area is 135 Å². The first-order valence-electron chi connectivity index (χ1n) is 8.34. The summed E-state index contributed by atoms with van der Waals surface area (Å²) in [6, 6.07) is 4.09. The van der Waals surface area contributed by atoms with Crippen molar-refractivity contribution >= 4 is 22.6 Å². The number of pyridine rings is 1. The summed E-state index contributed by atoms with van der Waals surface area (Å²) in [5.74, 6) is 1.25. The first-order chi connectivity index (χ1) is 11.2. The number of aromatic amines is 1. The van der Waals surface area contributed by atoms with Crippen LogP contribution in [0.4, 0.5) is 5.82 Å². The first kappa shape index (κ1) is 14.5. The van der Waals surface area contributed by atoms with Crippen LogP contribution < -0.4 is 10.6 Å². The maximum Gasteiger partial charge on any atom is 0.246 e. The minimum Gasteiger partial charge on any atom is -0.367 e. The highest BCUT2D eigenvalue weighted by atomic mass is 16.5. The number of carbonyl (C=O) groups excluding carboxylic acids is 1. The Morgan fingerprint density at radius 1 is 1.26 bits per heavy atom. The number of carbonyl (C=O) groups is 1. The van der Waals surface area contributed by atoms with Crippen molar-refractivity contribution in [2.24, 2.45) is 11.7 Å². The van der Waals surface area contributed by atoms with Gasteiger partial charge < -0.3 is 20.4 Å². The van der Waals surface area contributed by atoms with Gasteiger partial charge in [0.1, 0.15) is 11.9 Å². The van der Waals surface area contributed by atoms with E-state index in [1.54, 1.807) is 0 Å². The molecule has 1 amide bonds. The molecule has 2 aromatic rings. The van der Waals surface area contributed by atoms with Gasteiger partial charge in [0.15, 0.2) is 0 Å². The molecule has 2 aliphatic heterocycles. The first-order valence-corrected chi connectivity index (χ1v) is 8.34. The van der Waals surface area contributed by atoms with E-state index in [9.17, 15) is 4.79 Å². The van der Waals surface area contributed by atoms with Crippen LogP contribution in [-0.2, 0) is 9.53 Å². The van der Waals surface area contributed by atoms with Crippen LogP contribution in [0.15, 0.2) is 24.5 Å². The molecule has 0 bridgehead atoms. The van der Waals surface area contributed by atoms with E-state index in [-0.39, 0.29) is 18.1 Å². The summed E-state index contributed by atoms with van der Waals surface area (Å²) >= 11 is 0. The number of fused-ring (bicyclic) bond motifs is 1. The molecule has 0 aliphatic carbocycles. The molecule has 4 heterocycles. The minimum atomic E-state index is -0.381. The van der Waals surface area contributed by atoms with Crippen LogP contribution in [-0.4, -0.2) is 41.2 Å². The Hall–Kier alpha value is -2.08. The number of nitrogens with zero attached hydrogens (tertiary/aromatic N) is 2. The van der Waals surface area contributed by atoms with Gasteiger partial charge in [-0.25, -0.2) is 4.98 Å². The molecule has 0 radical (unpaired) electrons. The van der Waals surface area contributed by atoms with E-state index >= 15 is 0 Å². The van der Waals surface area contributed by atoms with Gasteiger partial charge in [0, 0.05) is 30.9 Å². The van der Waals surface area contributed by atoms with Crippen molar-refractivity contribution in [3.63, 3.8) is 0 Å². The predicted molar refractivity (Wildman–Crippen MR) is 88.1 cm³/mol. The molecule has 2 aliphatic rings. The molecule has 0 aromatic carbocycles. The number of aromatic nitrogens is 2. The van der Waals surface area contributed by atoms with E-state index in [0.29, 0.717) is 5.92 Å². The molecule has 0 saturated carbocycles. The zero-order chi connectivity index (χ0) is 15.8. The molecular weight excluding hydrogens is 292 g/mol. The summed E-state index contributed by atoms with van der Waals surface area (Å²) in [4.78, 5) is 21.4. The van der Waals surface area contributed by atoms with Gasteiger partial charge in [-0.05, 0) is 43.7 Å². The van der Waals surface area contributed by atoms with E-state index in [0.717, 1.165) is 50.1 Å². The quantitative estimate of drug-likeness (QED) is 0.905. The lowest BCUT2D eigenvalue weighted by Crippen LogP contribution is -2.39. The third-order valence-electron chi connectivity index (χ3n) is 5.19. The molecule has 2 atom stereocenters. The lowest BCUT2D eigenvalue weighted by molar-refractivity contribution is -0.130. The van der Waals surface area contributed by atoms with E-state index in [1.165, 1.54) is 5.39 Å². The topological polar surface area (TPSA) is 84.2 Å². The van der Waals surface area contributed by atoms with Crippen molar-refractivity contribution in [3.05, 3.63) is 24.5 Å². The van der Waals surface area contributed by atoms with Gasteiger partial charge >= 0.3 is 0 Å². The number of nitrogens with two attached hydrogens (primary N) is 1. The summed E-state index contributed by atoms with van der Waals surface area (Å²) in [5.41, 5.74) is 6.47. The number of piperidine rings is 1. The lowest BCUT2D eigenvalue weighted by Gasteiger charge is -2.35. The number of primary amides is 1. The van der Waals surface area contributed by atoms with Crippen molar-refractivity contribution in [1.82, 2.24) is 9.97 Å². The molecule has 0 unspecified atom stereocenters. The Morgan fingerprint density at radius 3 is 2.83 bits per heavy atom. The molecule has 122 valence electrons. The van der Waals surface area contributed by atoms with Crippen molar-refractivity contribution in [1.29, 1.82) is 0 Å². The third kappa shape index (κ3) is 2.67. The fraction of sp³-hybridized carbons (Fsp3) is 0.529. The molecule has 3 N–H and O–H groups in total. The maximum atomic E-state index is 11.2. The summed E-state index contributed by atoms with van der Waals surface area (Å²) in [6.07, 6.45) is 7.47. The second-order valence-corrected chi connectivity index (χ2v) is 6.54. The van der Waals surface area contributed by atoms with E-state index in [2.05, 4.69) is 20.9 Å². The smallest absolute Gasteiger partial charge is 0.246 e. The van der Waals surface area contributed by atoms with Crippen LogP contribution in [0.5, 0.6) is 0 Å². The molecule has 2 saturated heterocycles. The van der Waals surface area contributed by atoms with Crippen LogP contribution in [0.25, 0.3) is 10.9 Å². The maximum absolute atomic E-state index is 11.2. The highest BCUT2D eigenvalue weighted by Crippen LogP contribution is 2.34. The highest BCUT2D eigenvalue weighted by Gasteiger charge is 2.36. The van der Waals surface area contributed by atoms with Gasteiger partial charge in [-0.3, -0.25) is 4.79 Å². The summed E-state index contributed by atoms with van der Waals surface area (Å²) in [6.45, 7) is 1.95. The van der Waals surface area contributed by atoms with Crippen LogP contribution in [0.2, 0.25) is 0 Å². The lowest BCUT2D eigenvalue weighted by atomic mass is 9.89. The normalized spacial score (nSPS) is 26.0. The summed E-state index contributed by atoms with van der Waals surface area (Å²) < 4.78 is 5.85. The zero-order valence-corrected chi connectivity index (χ0v) is 13.1. The Kier molecular flexibility index (Phi) is 3.69. The summed E-state index contributed by atoms with van der Waals surface area (Å²) in [5, 5.41) is 1.18. The van der Waals surface area contributed by atoms with Crippen molar-refractivity contribution in [2.45, 2.75) is 37.9 Å². The average molecular weight is 314 g/mol. The largest absolute Gasteiger partial charge is 0.367 e. The average Bonchev–Trinajstić information content (AvgIpc) is 3.24. The molecule has 4 rings (SSSR count). The molecule has 2 fully saturated rings. The van der Waals surface area contributed by atoms with E-state index in [1.807, 2.05) is 18.5 Å². The van der Waals surface area contributed by atoms with E-state index in [4.69, 9.17) is 10.5 Å². The van der Waals surface area contributed by atoms with Crippen molar-refractivity contribution in [2.75, 3.05) is 18.0 Å². The Bertz CT molecular complexity index is 705. The van der Waals surface area contributed by atoms with Crippen LogP contribution in [0.1, 0.15) is 25.7 Å². The third-order valence-corrected chi connectivity index (χ3v) is 5.19. The number of amides is 1. The molecule has 6 heteroatoms. The fourth-order valence-corrected chi connectivity index (χ4v) is 3.92. The van der Waals surface area contributed by atoms with E-state index < -0.39 is 0 Å². The fourth-order valence-electron chi connectivity index (χ4n) is 3.92. The van der Waals surface area contributed by atoms with Gasteiger partial charge in [0.2, 0.25) is 5.91 Å². The van der Waals surface area contributed by atoms with Gasteiger partial charge in [-0.15, -0.1) is 0 Å². The van der Waals surface area contributed by atoms with Crippen molar-refractivity contribution < 1.29 is 9.53 Å². The number of anilines is 1. The number of hydrogen-bond donors (Lipinski definition) is 2. The number of H-pyrrole nitrogens is 1. The number of hydrogen-bond acceptors (Lipinski definition) is 4.